The average Bonchev–Trinajstić information content (AvgIpc) is 2.96. The number of aromatic carboxylic acids is 1. The van der Waals surface area contributed by atoms with Gasteiger partial charge in [0.15, 0.2) is 9.99 Å². The van der Waals surface area contributed by atoms with Crippen molar-refractivity contribution in [3.63, 3.8) is 0 Å². The monoisotopic (exact) mass is 293 g/mol. The quantitative estimate of drug-likeness (QED) is 0.786. The van der Waals surface area contributed by atoms with Gasteiger partial charge in [-0.15, -0.1) is 10.2 Å². The number of aryl methyl sites for hydroxylation is 1. The Morgan fingerprint density at radius 2 is 2.37 bits per heavy atom. The lowest BCUT2D eigenvalue weighted by Gasteiger charge is -1.97. The van der Waals surface area contributed by atoms with Crippen LogP contribution in [0, 0.1) is 6.92 Å². The van der Waals surface area contributed by atoms with E-state index in [1.165, 1.54) is 11.8 Å². The number of hydrogen-bond acceptors (Lipinski definition) is 7. The summed E-state index contributed by atoms with van der Waals surface area (Å²) >= 11 is 2.41. The largest absolute Gasteiger partial charge is 0.477 e. The van der Waals surface area contributed by atoms with E-state index in [2.05, 4.69) is 20.2 Å². The molecule has 0 spiro atoms. The SMILES string of the molecule is Cc1nc(Sc2nccn3cnnc23)sc1C(=O)O. The van der Waals surface area contributed by atoms with Crippen molar-refractivity contribution in [3.8, 4) is 0 Å². The normalized spacial score (nSPS) is 11.0. The number of rotatable bonds is 3. The maximum Gasteiger partial charge on any atom is 0.347 e. The topological polar surface area (TPSA) is 93.3 Å². The summed E-state index contributed by atoms with van der Waals surface area (Å²) in [4.78, 5) is 19.7. The molecule has 0 aliphatic heterocycles. The predicted octanol–water partition coefficient (Wildman–Crippen LogP) is 1.74. The van der Waals surface area contributed by atoms with E-state index in [1.807, 2.05) is 0 Å². The van der Waals surface area contributed by atoms with Crippen LogP contribution in [0.5, 0.6) is 0 Å². The zero-order valence-electron chi connectivity index (χ0n) is 9.64. The van der Waals surface area contributed by atoms with Gasteiger partial charge >= 0.3 is 5.97 Å². The standard InChI is InChI=1S/C10H7N5O2S2/c1-5-6(9(16)17)18-10(13-5)19-8-7-14-12-4-15(7)3-2-11-8/h2-4H,1H3,(H,16,17). The Bertz CT molecular complexity index is 766. The van der Waals surface area contributed by atoms with Crippen molar-refractivity contribution < 1.29 is 9.90 Å². The van der Waals surface area contributed by atoms with E-state index in [4.69, 9.17) is 5.11 Å². The van der Waals surface area contributed by atoms with Gasteiger partial charge in [0, 0.05) is 12.4 Å². The fraction of sp³-hybridized carbons (Fsp3) is 0.100. The summed E-state index contributed by atoms with van der Waals surface area (Å²) in [6.07, 6.45) is 4.96. The highest BCUT2D eigenvalue weighted by molar-refractivity contribution is 8.01. The van der Waals surface area contributed by atoms with Crippen LogP contribution in [0.3, 0.4) is 0 Å². The third kappa shape index (κ3) is 2.17. The first kappa shape index (κ1) is 12.1. The maximum atomic E-state index is 11.0. The van der Waals surface area contributed by atoms with Crippen LogP contribution in [0.2, 0.25) is 0 Å². The Kier molecular flexibility index (Phi) is 2.91. The molecule has 0 saturated heterocycles. The summed E-state index contributed by atoms with van der Waals surface area (Å²) in [6.45, 7) is 1.68. The summed E-state index contributed by atoms with van der Waals surface area (Å²) in [5.74, 6) is -0.963. The van der Waals surface area contributed by atoms with E-state index in [0.717, 1.165) is 11.3 Å². The fourth-order valence-corrected chi connectivity index (χ4v) is 3.49. The highest BCUT2D eigenvalue weighted by Crippen LogP contribution is 2.33. The van der Waals surface area contributed by atoms with Crippen molar-refractivity contribution in [2.24, 2.45) is 0 Å². The first-order chi connectivity index (χ1) is 9.15. The molecule has 3 aromatic heterocycles. The zero-order valence-corrected chi connectivity index (χ0v) is 11.3. The molecular weight excluding hydrogens is 286 g/mol. The van der Waals surface area contributed by atoms with E-state index < -0.39 is 5.97 Å². The molecule has 0 saturated carbocycles. The number of nitrogens with zero attached hydrogens (tertiary/aromatic N) is 5. The van der Waals surface area contributed by atoms with Crippen LogP contribution in [-0.4, -0.2) is 35.6 Å². The molecule has 19 heavy (non-hydrogen) atoms. The highest BCUT2D eigenvalue weighted by Gasteiger charge is 2.16. The van der Waals surface area contributed by atoms with E-state index >= 15 is 0 Å². The number of carboxylic acids is 1. The van der Waals surface area contributed by atoms with Gasteiger partial charge in [-0.1, -0.05) is 11.3 Å². The molecule has 7 nitrogen and oxygen atoms in total. The lowest BCUT2D eigenvalue weighted by Crippen LogP contribution is -1.94. The number of aromatic nitrogens is 5. The molecule has 0 atom stereocenters. The van der Waals surface area contributed by atoms with Crippen molar-refractivity contribution in [2.75, 3.05) is 0 Å². The third-order valence-corrected chi connectivity index (χ3v) is 4.53. The molecule has 96 valence electrons. The van der Waals surface area contributed by atoms with Crippen molar-refractivity contribution in [3.05, 3.63) is 29.3 Å². The van der Waals surface area contributed by atoms with Crippen molar-refractivity contribution in [2.45, 2.75) is 16.3 Å². The molecule has 0 aliphatic carbocycles. The van der Waals surface area contributed by atoms with Gasteiger partial charge in [-0.05, 0) is 18.7 Å². The number of carboxylic acid groups (broad SMARTS) is 1. The highest BCUT2D eigenvalue weighted by atomic mass is 32.2. The molecule has 0 fully saturated rings. The summed E-state index contributed by atoms with van der Waals surface area (Å²) in [5, 5.41) is 17.4. The maximum absolute atomic E-state index is 11.0. The molecule has 9 heteroatoms. The fourth-order valence-electron chi connectivity index (χ4n) is 1.50. The van der Waals surface area contributed by atoms with Crippen LogP contribution in [-0.2, 0) is 0 Å². The number of carbonyl (C=O) groups is 1. The molecule has 0 aromatic carbocycles. The minimum absolute atomic E-state index is 0.246. The zero-order chi connectivity index (χ0) is 13.4. The second-order valence-electron chi connectivity index (χ2n) is 3.60. The number of thiazole rings is 1. The Labute approximate surface area is 115 Å². The molecule has 0 bridgehead atoms. The number of hydrogen-bond donors (Lipinski definition) is 1. The molecular formula is C10H7N5O2S2. The van der Waals surface area contributed by atoms with E-state index in [1.54, 1.807) is 30.0 Å². The van der Waals surface area contributed by atoms with Crippen LogP contribution in [0.1, 0.15) is 15.4 Å². The Balaban J connectivity index is 1.99. The number of fused-ring (bicyclic) bond motifs is 1. The Morgan fingerprint density at radius 3 is 3.11 bits per heavy atom. The van der Waals surface area contributed by atoms with Crippen molar-refractivity contribution in [1.82, 2.24) is 24.6 Å². The second kappa shape index (κ2) is 4.59. The smallest absolute Gasteiger partial charge is 0.347 e. The Hall–Kier alpha value is -2.00. The molecule has 0 unspecified atom stereocenters. The minimum atomic E-state index is -0.963. The summed E-state index contributed by atoms with van der Waals surface area (Å²) in [6, 6.07) is 0. The summed E-state index contributed by atoms with van der Waals surface area (Å²) in [7, 11) is 0. The van der Waals surface area contributed by atoms with E-state index in [-0.39, 0.29) is 4.88 Å². The molecule has 0 radical (unpaired) electrons. The van der Waals surface area contributed by atoms with Crippen LogP contribution in [0.4, 0.5) is 0 Å². The lowest BCUT2D eigenvalue weighted by molar-refractivity contribution is 0.0701. The first-order valence-corrected chi connectivity index (χ1v) is 6.81. The third-order valence-electron chi connectivity index (χ3n) is 2.34. The van der Waals surface area contributed by atoms with Gasteiger partial charge in [-0.25, -0.2) is 14.8 Å². The van der Waals surface area contributed by atoms with Gasteiger partial charge in [-0.2, -0.15) is 0 Å². The van der Waals surface area contributed by atoms with Crippen LogP contribution in [0.25, 0.3) is 5.65 Å². The molecule has 0 amide bonds. The lowest BCUT2D eigenvalue weighted by atomic mass is 10.4. The van der Waals surface area contributed by atoms with Gasteiger partial charge in [0.25, 0.3) is 0 Å². The van der Waals surface area contributed by atoms with Crippen molar-refractivity contribution in [1.29, 1.82) is 0 Å². The van der Waals surface area contributed by atoms with Crippen LogP contribution >= 0.6 is 23.1 Å². The van der Waals surface area contributed by atoms with Crippen LogP contribution < -0.4 is 0 Å². The van der Waals surface area contributed by atoms with Gasteiger partial charge in [-0.3, -0.25) is 4.40 Å². The Morgan fingerprint density at radius 1 is 1.53 bits per heavy atom. The summed E-state index contributed by atoms with van der Waals surface area (Å²) in [5.41, 5.74) is 1.13. The van der Waals surface area contributed by atoms with E-state index in [9.17, 15) is 4.79 Å². The van der Waals surface area contributed by atoms with Gasteiger partial charge < -0.3 is 5.11 Å². The van der Waals surface area contributed by atoms with Gasteiger partial charge in [0.1, 0.15) is 16.2 Å². The van der Waals surface area contributed by atoms with Gasteiger partial charge in [0.2, 0.25) is 0 Å². The van der Waals surface area contributed by atoms with E-state index in [0.29, 0.717) is 20.7 Å². The summed E-state index contributed by atoms with van der Waals surface area (Å²) < 4.78 is 2.37. The minimum Gasteiger partial charge on any atom is -0.477 e. The van der Waals surface area contributed by atoms with Crippen LogP contribution in [0.15, 0.2) is 28.1 Å². The first-order valence-electron chi connectivity index (χ1n) is 5.18. The predicted molar refractivity (Wildman–Crippen MR) is 68.7 cm³/mol. The molecule has 3 rings (SSSR count). The van der Waals surface area contributed by atoms with Crippen molar-refractivity contribution >= 4 is 34.7 Å². The molecule has 1 N–H and O–H groups in total. The second-order valence-corrected chi connectivity index (χ2v) is 5.83. The van der Waals surface area contributed by atoms with Gasteiger partial charge in [0.05, 0.1) is 5.69 Å². The molecule has 3 heterocycles. The average molecular weight is 293 g/mol. The molecule has 3 aromatic rings. The molecule has 0 aliphatic rings.